The van der Waals surface area contributed by atoms with Crippen molar-refractivity contribution in [1.82, 2.24) is 9.97 Å². The van der Waals surface area contributed by atoms with Gasteiger partial charge in [0.25, 0.3) is 5.56 Å². The zero-order valence-corrected chi connectivity index (χ0v) is 18.0. The average molecular weight is 422 g/mol. The summed E-state index contributed by atoms with van der Waals surface area (Å²) in [6, 6.07) is 15.2. The third kappa shape index (κ3) is 5.43. The average Bonchev–Trinajstić information content (AvgIpc) is 2.72. The topological polar surface area (TPSA) is 88.0 Å². The van der Waals surface area contributed by atoms with E-state index in [0.29, 0.717) is 28.8 Å². The lowest BCUT2D eigenvalue weighted by Gasteiger charge is -2.09. The van der Waals surface area contributed by atoms with Crippen LogP contribution in [0.25, 0.3) is 11.3 Å². The van der Waals surface area contributed by atoms with Crippen LogP contribution < -0.4 is 15.0 Å². The Balaban J connectivity index is 1.65. The molecular weight excluding hydrogens is 398 g/mol. The number of hydrogen-bond donors (Lipinski definition) is 1. The number of nitrogens with zero attached hydrogens (tertiary/aromatic N) is 2. The molecule has 3 aromatic rings. The summed E-state index contributed by atoms with van der Waals surface area (Å²) in [6.07, 6.45) is 0.791. The van der Waals surface area contributed by atoms with Crippen LogP contribution in [0.4, 0.5) is 0 Å². The van der Waals surface area contributed by atoms with E-state index in [4.69, 9.17) is 9.47 Å². The molecule has 0 aliphatic rings. The van der Waals surface area contributed by atoms with Gasteiger partial charge in [0.05, 0.1) is 19.4 Å². The number of H-pyrrole nitrogens is 1. The van der Waals surface area contributed by atoms with Gasteiger partial charge in [0.15, 0.2) is 5.16 Å². The maximum absolute atomic E-state index is 12.3. The van der Waals surface area contributed by atoms with E-state index in [1.54, 1.807) is 31.4 Å². The molecule has 0 unspecified atom stereocenters. The van der Waals surface area contributed by atoms with Crippen molar-refractivity contribution in [2.45, 2.75) is 25.4 Å². The van der Waals surface area contributed by atoms with Gasteiger partial charge < -0.3 is 14.5 Å². The lowest BCUT2D eigenvalue weighted by atomic mass is 10.1. The summed E-state index contributed by atoms with van der Waals surface area (Å²) in [5.41, 5.74) is 2.97. The van der Waals surface area contributed by atoms with E-state index in [0.717, 1.165) is 17.9 Å². The third-order valence-electron chi connectivity index (χ3n) is 4.36. The van der Waals surface area contributed by atoms with Crippen LogP contribution >= 0.6 is 11.8 Å². The lowest BCUT2D eigenvalue weighted by Crippen LogP contribution is -2.15. The van der Waals surface area contributed by atoms with Gasteiger partial charge in [-0.25, -0.2) is 4.98 Å². The van der Waals surface area contributed by atoms with E-state index >= 15 is 0 Å². The molecule has 0 aliphatic heterocycles. The molecule has 3 rings (SSSR count). The smallest absolute Gasteiger partial charge is 0.270 e. The van der Waals surface area contributed by atoms with Crippen LogP contribution in [0.15, 0.2) is 52.4 Å². The van der Waals surface area contributed by atoms with Crippen LogP contribution in [0.2, 0.25) is 0 Å². The second-order valence-corrected chi connectivity index (χ2v) is 7.89. The number of aryl methyl sites for hydroxylation is 2. The van der Waals surface area contributed by atoms with E-state index in [9.17, 15) is 10.1 Å². The Morgan fingerprint density at radius 3 is 2.43 bits per heavy atom. The van der Waals surface area contributed by atoms with Gasteiger partial charge in [-0.05, 0) is 67.8 Å². The maximum Gasteiger partial charge on any atom is 0.270 e. The Morgan fingerprint density at radius 2 is 1.80 bits per heavy atom. The highest BCUT2D eigenvalue weighted by atomic mass is 32.2. The molecule has 0 spiro atoms. The third-order valence-corrected chi connectivity index (χ3v) is 5.32. The highest BCUT2D eigenvalue weighted by molar-refractivity contribution is 7.99. The van der Waals surface area contributed by atoms with Gasteiger partial charge in [-0.3, -0.25) is 4.79 Å². The second-order valence-electron chi connectivity index (χ2n) is 6.81. The van der Waals surface area contributed by atoms with Crippen molar-refractivity contribution < 1.29 is 9.47 Å². The van der Waals surface area contributed by atoms with Crippen molar-refractivity contribution in [3.05, 3.63) is 69.5 Å². The number of benzene rings is 2. The summed E-state index contributed by atoms with van der Waals surface area (Å²) < 4.78 is 11.0. The van der Waals surface area contributed by atoms with Crippen LogP contribution in [0, 0.1) is 25.2 Å². The fraction of sp³-hybridized carbons (Fsp3) is 0.261. The molecule has 154 valence electrons. The van der Waals surface area contributed by atoms with Gasteiger partial charge in [0.1, 0.15) is 23.1 Å². The Bertz CT molecular complexity index is 1100. The zero-order chi connectivity index (χ0) is 21.5. The predicted octanol–water partition coefficient (Wildman–Crippen LogP) is 4.50. The maximum atomic E-state index is 12.3. The standard InChI is InChI=1S/C23H23N3O3S/c1-15-11-16(2)13-19(12-15)29-9-4-10-30-23-25-21(20(14-24)22(27)26-23)17-5-7-18(28-3)8-6-17/h5-8,11-13H,4,9-10H2,1-3H3,(H,25,26,27). The Labute approximate surface area is 179 Å². The van der Waals surface area contributed by atoms with Crippen molar-refractivity contribution in [3.63, 3.8) is 0 Å². The number of ether oxygens (including phenoxy) is 2. The predicted molar refractivity (Wildman–Crippen MR) is 118 cm³/mol. The Morgan fingerprint density at radius 1 is 1.10 bits per heavy atom. The molecule has 0 aliphatic carbocycles. The van der Waals surface area contributed by atoms with Crippen molar-refractivity contribution in [3.8, 4) is 28.8 Å². The number of aromatic nitrogens is 2. The SMILES string of the molecule is COc1ccc(-c2nc(SCCCOc3cc(C)cc(C)c3)[nH]c(=O)c2C#N)cc1. The molecule has 0 saturated heterocycles. The molecule has 2 aromatic carbocycles. The molecule has 1 aromatic heterocycles. The van der Waals surface area contributed by atoms with E-state index < -0.39 is 5.56 Å². The summed E-state index contributed by atoms with van der Waals surface area (Å²) in [6.45, 7) is 4.66. The molecule has 0 atom stereocenters. The fourth-order valence-corrected chi connectivity index (χ4v) is 3.79. The van der Waals surface area contributed by atoms with Gasteiger partial charge in [0, 0.05) is 11.3 Å². The molecular formula is C23H23N3O3S. The quantitative estimate of drug-likeness (QED) is 0.327. The van der Waals surface area contributed by atoms with Gasteiger partial charge >= 0.3 is 0 Å². The van der Waals surface area contributed by atoms with Crippen molar-refractivity contribution in [2.75, 3.05) is 19.5 Å². The highest BCUT2D eigenvalue weighted by Crippen LogP contribution is 2.24. The van der Waals surface area contributed by atoms with E-state index in [1.807, 2.05) is 32.0 Å². The number of aromatic amines is 1. The Kier molecular flexibility index (Phi) is 7.15. The number of nitrogens with one attached hydrogen (secondary N) is 1. The van der Waals surface area contributed by atoms with Crippen LogP contribution in [-0.2, 0) is 0 Å². The first kappa shape index (κ1) is 21.5. The molecule has 0 fully saturated rings. The minimum Gasteiger partial charge on any atom is -0.497 e. The van der Waals surface area contributed by atoms with Gasteiger partial charge in [0.2, 0.25) is 0 Å². The molecule has 1 heterocycles. The minimum absolute atomic E-state index is 0.00247. The molecule has 0 amide bonds. The number of thioether (sulfide) groups is 1. The largest absolute Gasteiger partial charge is 0.497 e. The van der Waals surface area contributed by atoms with Gasteiger partial charge in [-0.1, -0.05) is 17.8 Å². The van der Waals surface area contributed by atoms with Crippen LogP contribution in [-0.4, -0.2) is 29.4 Å². The molecule has 0 bridgehead atoms. The molecule has 30 heavy (non-hydrogen) atoms. The summed E-state index contributed by atoms with van der Waals surface area (Å²) in [5.74, 6) is 2.28. The molecule has 7 heteroatoms. The number of hydrogen-bond acceptors (Lipinski definition) is 6. The molecule has 1 N–H and O–H groups in total. The lowest BCUT2D eigenvalue weighted by molar-refractivity contribution is 0.318. The Hall–Kier alpha value is -3.24. The number of methoxy groups -OCH3 is 1. The fourth-order valence-electron chi connectivity index (χ4n) is 3.02. The summed E-state index contributed by atoms with van der Waals surface area (Å²) in [4.78, 5) is 19.5. The van der Waals surface area contributed by atoms with Crippen molar-refractivity contribution in [2.24, 2.45) is 0 Å². The minimum atomic E-state index is -0.438. The summed E-state index contributed by atoms with van der Waals surface area (Å²) in [5, 5.41) is 9.87. The number of nitriles is 1. The zero-order valence-electron chi connectivity index (χ0n) is 17.2. The van der Waals surface area contributed by atoms with Gasteiger partial charge in [-0.2, -0.15) is 5.26 Å². The highest BCUT2D eigenvalue weighted by Gasteiger charge is 2.14. The summed E-state index contributed by atoms with van der Waals surface area (Å²) in [7, 11) is 1.58. The summed E-state index contributed by atoms with van der Waals surface area (Å²) >= 11 is 1.43. The van der Waals surface area contributed by atoms with Crippen LogP contribution in [0.1, 0.15) is 23.1 Å². The van der Waals surface area contributed by atoms with E-state index in [1.165, 1.54) is 22.9 Å². The monoisotopic (exact) mass is 421 g/mol. The van der Waals surface area contributed by atoms with Gasteiger partial charge in [-0.15, -0.1) is 0 Å². The van der Waals surface area contributed by atoms with E-state index in [2.05, 4.69) is 16.0 Å². The second kappa shape index (κ2) is 9.99. The first-order chi connectivity index (χ1) is 14.5. The first-order valence-electron chi connectivity index (χ1n) is 9.53. The van der Waals surface area contributed by atoms with Crippen molar-refractivity contribution in [1.29, 1.82) is 5.26 Å². The molecule has 0 saturated carbocycles. The van der Waals surface area contributed by atoms with Crippen molar-refractivity contribution >= 4 is 11.8 Å². The van der Waals surface area contributed by atoms with E-state index in [-0.39, 0.29) is 5.56 Å². The molecule has 6 nitrogen and oxygen atoms in total. The van der Waals surface area contributed by atoms with Crippen LogP contribution in [0.5, 0.6) is 11.5 Å². The normalized spacial score (nSPS) is 10.5. The first-order valence-corrected chi connectivity index (χ1v) is 10.5. The van der Waals surface area contributed by atoms with Crippen LogP contribution in [0.3, 0.4) is 0 Å². The molecule has 0 radical (unpaired) electrons. The number of rotatable bonds is 8.